The number of hydrogen-bond acceptors (Lipinski definition) is 10. The lowest BCUT2D eigenvalue weighted by molar-refractivity contribution is -0.143. The maximum atomic E-state index is 13.8. The number of carbonyl (C=O) groups is 2. The molecule has 210 valence electrons. The molecule has 1 saturated heterocycles. The number of carbonyl (C=O) groups excluding carboxylic acids is 2. The van der Waals surface area contributed by atoms with Gasteiger partial charge in [0.1, 0.15) is 12.3 Å². The molecule has 2 amide bonds. The van der Waals surface area contributed by atoms with Crippen molar-refractivity contribution in [1.29, 1.82) is 0 Å². The van der Waals surface area contributed by atoms with Crippen molar-refractivity contribution in [2.75, 3.05) is 27.4 Å². The van der Waals surface area contributed by atoms with Gasteiger partial charge in [0.2, 0.25) is 11.7 Å². The van der Waals surface area contributed by atoms with Crippen LogP contribution in [0.4, 0.5) is 0 Å². The van der Waals surface area contributed by atoms with Crippen molar-refractivity contribution in [3.63, 3.8) is 0 Å². The van der Waals surface area contributed by atoms with Gasteiger partial charge in [0.15, 0.2) is 17.5 Å². The highest BCUT2D eigenvalue weighted by Crippen LogP contribution is 2.31. The Hall–Kier alpha value is -4.23. The lowest BCUT2D eigenvalue weighted by atomic mass is 10.1. The molecule has 1 aromatic carbocycles. The monoisotopic (exact) mass is 566 g/mol. The number of nitrogens with zero attached hydrogens (tertiary/aromatic N) is 5. The number of nitrogens with one attached hydrogen (secondary N) is 1. The first kappa shape index (κ1) is 27.3. The Morgan fingerprint density at radius 1 is 1.20 bits per heavy atom. The van der Waals surface area contributed by atoms with Crippen molar-refractivity contribution in [3.8, 4) is 22.9 Å². The SMILES string of the molecule is COc1ccc(-c2nnn(CC(=O)N(Cc3cccs3)[C@H](C(=O)NC[C@@H]3CCCO3)c3ccco3)n2)cc1OC. The predicted molar refractivity (Wildman–Crippen MR) is 145 cm³/mol. The van der Waals surface area contributed by atoms with E-state index in [1.807, 2.05) is 17.5 Å². The number of amides is 2. The first-order valence-electron chi connectivity index (χ1n) is 12.8. The average molecular weight is 567 g/mol. The van der Waals surface area contributed by atoms with Crippen LogP contribution in [-0.2, 0) is 27.4 Å². The molecule has 2 atom stereocenters. The van der Waals surface area contributed by atoms with Crippen molar-refractivity contribution in [2.45, 2.75) is 38.1 Å². The van der Waals surface area contributed by atoms with E-state index in [-0.39, 0.29) is 31.0 Å². The average Bonchev–Trinajstić information content (AvgIpc) is 3.80. The van der Waals surface area contributed by atoms with Gasteiger partial charge in [0, 0.05) is 23.6 Å². The summed E-state index contributed by atoms with van der Waals surface area (Å²) < 4.78 is 21.9. The minimum atomic E-state index is -1.00. The Morgan fingerprint density at radius 3 is 2.77 bits per heavy atom. The highest BCUT2D eigenvalue weighted by molar-refractivity contribution is 7.09. The second kappa shape index (κ2) is 12.7. The Labute approximate surface area is 234 Å². The minimum Gasteiger partial charge on any atom is -0.493 e. The van der Waals surface area contributed by atoms with E-state index in [0.29, 0.717) is 41.8 Å². The van der Waals surface area contributed by atoms with Gasteiger partial charge in [-0.1, -0.05) is 6.07 Å². The van der Waals surface area contributed by atoms with Crippen LogP contribution in [0.2, 0.25) is 0 Å². The summed E-state index contributed by atoms with van der Waals surface area (Å²) in [6.07, 6.45) is 3.28. The molecule has 0 radical (unpaired) electrons. The topological polar surface area (TPSA) is 134 Å². The fourth-order valence-electron chi connectivity index (χ4n) is 4.49. The van der Waals surface area contributed by atoms with E-state index in [1.54, 1.807) is 44.6 Å². The van der Waals surface area contributed by atoms with E-state index < -0.39 is 6.04 Å². The van der Waals surface area contributed by atoms with Crippen molar-refractivity contribution in [1.82, 2.24) is 30.4 Å². The van der Waals surface area contributed by atoms with Crippen molar-refractivity contribution >= 4 is 23.2 Å². The third-order valence-corrected chi connectivity index (χ3v) is 7.36. The van der Waals surface area contributed by atoms with E-state index in [0.717, 1.165) is 17.7 Å². The lowest BCUT2D eigenvalue weighted by Crippen LogP contribution is -2.46. The van der Waals surface area contributed by atoms with Crippen LogP contribution in [-0.4, -0.2) is 70.4 Å². The molecular weight excluding hydrogens is 536 g/mol. The summed E-state index contributed by atoms with van der Waals surface area (Å²) in [5.41, 5.74) is 0.647. The van der Waals surface area contributed by atoms with Gasteiger partial charge in [0.05, 0.1) is 33.1 Å². The number of aromatic nitrogens is 4. The molecule has 1 aliphatic rings. The van der Waals surface area contributed by atoms with E-state index in [1.165, 1.54) is 27.3 Å². The summed E-state index contributed by atoms with van der Waals surface area (Å²) >= 11 is 1.49. The van der Waals surface area contributed by atoms with Crippen molar-refractivity contribution in [2.24, 2.45) is 0 Å². The van der Waals surface area contributed by atoms with Crippen molar-refractivity contribution in [3.05, 3.63) is 64.7 Å². The molecule has 3 aromatic heterocycles. The lowest BCUT2D eigenvalue weighted by Gasteiger charge is -2.29. The molecule has 0 unspecified atom stereocenters. The van der Waals surface area contributed by atoms with Gasteiger partial charge in [-0.25, -0.2) is 0 Å². The molecule has 12 nitrogen and oxygen atoms in total. The zero-order valence-corrected chi connectivity index (χ0v) is 23.0. The summed E-state index contributed by atoms with van der Waals surface area (Å²) in [7, 11) is 3.09. The van der Waals surface area contributed by atoms with Crippen LogP contribution >= 0.6 is 11.3 Å². The second-order valence-corrected chi connectivity index (χ2v) is 10.1. The summed E-state index contributed by atoms with van der Waals surface area (Å²) in [5, 5.41) is 17.5. The van der Waals surface area contributed by atoms with E-state index in [9.17, 15) is 9.59 Å². The zero-order valence-electron chi connectivity index (χ0n) is 22.2. The second-order valence-electron chi connectivity index (χ2n) is 9.11. The number of methoxy groups -OCH3 is 2. The van der Waals surface area contributed by atoms with Crippen molar-refractivity contribution < 1.29 is 28.2 Å². The van der Waals surface area contributed by atoms with E-state index >= 15 is 0 Å². The highest BCUT2D eigenvalue weighted by Gasteiger charge is 2.35. The Morgan fingerprint density at radius 2 is 2.08 bits per heavy atom. The number of thiophene rings is 1. The number of ether oxygens (including phenoxy) is 3. The van der Waals surface area contributed by atoms with Crippen LogP contribution in [0, 0.1) is 0 Å². The first-order valence-corrected chi connectivity index (χ1v) is 13.7. The van der Waals surface area contributed by atoms with Gasteiger partial charge in [-0.3, -0.25) is 9.59 Å². The number of rotatable bonds is 12. The predicted octanol–water partition coefficient (Wildman–Crippen LogP) is 3.08. The molecule has 1 fully saturated rings. The molecule has 0 spiro atoms. The maximum absolute atomic E-state index is 13.8. The smallest absolute Gasteiger partial charge is 0.250 e. The molecule has 4 heterocycles. The quantitative estimate of drug-likeness (QED) is 0.275. The Balaban J connectivity index is 1.38. The number of benzene rings is 1. The van der Waals surface area contributed by atoms with Gasteiger partial charge in [-0.15, -0.1) is 21.5 Å². The van der Waals surface area contributed by atoms with E-state index in [2.05, 4.69) is 20.7 Å². The normalized spacial score (nSPS) is 15.5. The summed E-state index contributed by atoms with van der Waals surface area (Å²) in [5.74, 6) is 1.03. The summed E-state index contributed by atoms with van der Waals surface area (Å²) in [6.45, 7) is 1.01. The zero-order chi connectivity index (χ0) is 27.9. The molecule has 0 saturated carbocycles. The van der Waals surface area contributed by atoms with Gasteiger partial charge in [0.25, 0.3) is 5.91 Å². The minimum absolute atomic E-state index is 0.0444. The van der Waals surface area contributed by atoms with Gasteiger partial charge in [-0.2, -0.15) is 4.80 Å². The largest absolute Gasteiger partial charge is 0.493 e. The van der Waals surface area contributed by atoms with E-state index in [4.69, 9.17) is 18.6 Å². The molecule has 0 aliphatic carbocycles. The third-order valence-electron chi connectivity index (χ3n) is 6.50. The molecule has 13 heteroatoms. The maximum Gasteiger partial charge on any atom is 0.250 e. The van der Waals surface area contributed by atoms with Crippen LogP contribution in [0.25, 0.3) is 11.4 Å². The molecule has 1 aliphatic heterocycles. The number of tetrazole rings is 1. The van der Waals surface area contributed by atoms with Crippen LogP contribution in [0.1, 0.15) is 29.5 Å². The van der Waals surface area contributed by atoms with Gasteiger partial charge < -0.3 is 28.8 Å². The Bertz CT molecular complexity index is 1400. The molecule has 0 bridgehead atoms. The number of hydrogen-bond donors (Lipinski definition) is 1. The highest BCUT2D eigenvalue weighted by atomic mass is 32.1. The number of furan rings is 1. The third kappa shape index (κ3) is 6.32. The van der Waals surface area contributed by atoms with Crippen LogP contribution in [0.3, 0.4) is 0 Å². The summed E-state index contributed by atoms with van der Waals surface area (Å²) in [6, 6.07) is 11.4. The standard InChI is InChI=1S/C27H30N6O6S/c1-36-21-10-9-18(14-23(21)37-2)26-29-31-33(30-26)17-24(34)32(16-20-7-5-13-40-20)25(22-8-4-12-39-22)27(35)28-15-19-6-3-11-38-19/h4-5,7-10,12-14,19,25H,3,6,11,15-17H2,1-2H3,(H,28,35)/t19-,25-/m0/s1. The molecule has 1 N–H and O–H groups in total. The molecule has 40 heavy (non-hydrogen) atoms. The van der Waals surface area contributed by atoms with Crippen LogP contribution in [0.15, 0.2) is 58.5 Å². The van der Waals surface area contributed by atoms with Gasteiger partial charge >= 0.3 is 0 Å². The van der Waals surface area contributed by atoms with Crippen LogP contribution in [0.5, 0.6) is 11.5 Å². The fraction of sp³-hybridized carbons (Fsp3) is 0.370. The molecular formula is C27H30N6O6S. The van der Waals surface area contributed by atoms with Crippen LogP contribution < -0.4 is 14.8 Å². The first-order chi connectivity index (χ1) is 19.6. The Kier molecular flexibility index (Phi) is 8.71. The molecule has 5 rings (SSSR count). The summed E-state index contributed by atoms with van der Waals surface area (Å²) in [4.78, 5) is 30.9. The fourth-order valence-corrected chi connectivity index (χ4v) is 5.20. The van der Waals surface area contributed by atoms with Gasteiger partial charge in [-0.05, 0) is 59.8 Å². The molecule has 4 aromatic rings.